The van der Waals surface area contributed by atoms with Gasteiger partial charge in [0, 0.05) is 13.7 Å². The molecule has 1 amide bonds. The van der Waals surface area contributed by atoms with Crippen molar-refractivity contribution in [1.29, 1.82) is 0 Å². The molecule has 0 fully saturated rings. The molecule has 0 aliphatic rings. The predicted octanol–water partition coefficient (Wildman–Crippen LogP) is 2.07. The van der Waals surface area contributed by atoms with E-state index in [1.54, 1.807) is 7.11 Å². The van der Waals surface area contributed by atoms with Crippen LogP contribution < -0.4 is 5.32 Å². The van der Waals surface area contributed by atoms with Gasteiger partial charge in [0.25, 0.3) is 5.91 Å². The first-order valence-electron chi connectivity index (χ1n) is 4.29. The van der Waals surface area contributed by atoms with Crippen molar-refractivity contribution in [2.45, 2.75) is 4.83 Å². The van der Waals surface area contributed by atoms with E-state index in [9.17, 15) is 4.79 Å². The number of hydrogen-bond acceptors (Lipinski definition) is 3. The molecule has 0 aliphatic carbocycles. The minimum absolute atomic E-state index is 0.0807. The van der Waals surface area contributed by atoms with E-state index in [0.29, 0.717) is 18.7 Å². The molecule has 1 atom stereocenters. The van der Waals surface area contributed by atoms with E-state index in [0.717, 1.165) is 0 Å². The van der Waals surface area contributed by atoms with Gasteiger partial charge in [0.05, 0.1) is 23.3 Å². The quantitative estimate of drug-likeness (QED) is 0.846. The van der Waals surface area contributed by atoms with E-state index >= 15 is 0 Å². The van der Waals surface area contributed by atoms with Crippen LogP contribution in [0.1, 0.15) is 10.4 Å². The van der Waals surface area contributed by atoms with Gasteiger partial charge in [0.1, 0.15) is 0 Å². The van der Waals surface area contributed by atoms with E-state index in [2.05, 4.69) is 21.2 Å². The number of amides is 1. The van der Waals surface area contributed by atoms with Gasteiger partial charge in [0.15, 0.2) is 0 Å². The number of ether oxygens (including phenoxy) is 1. The van der Waals surface area contributed by atoms with Crippen molar-refractivity contribution < 1.29 is 13.9 Å². The zero-order valence-corrected chi connectivity index (χ0v) is 10.5. The molecule has 1 N–H and O–H groups in total. The van der Waals surface area contributed by atoms with E-state index in [1.807, 2.05) is 0 Å². The maximum atomic E-state index is 11.5. The molecule has 0 bridgehead atoms. The molecule has 0 spiro atoms. The summed E-state index contributed by atoms with van der Waals surface area (Å²) in [5.74, 6) is -0.255. The Labute approximate surface area is 101 Å². The molecule has 15 heavy (non-hydrogen) atoms. The molecular weight excluding hydrogens is 285 g/mol. The Balaban J connectivity index is 2.40. The molecule has 84 valence electrons. The number of rotatable bonds is 5. The first-order valence-corrected chi connectivity index (χ1v) is 5.58. The van der Waals surface area contributed by atoms with Gasteiger partial charge < -0.3 is 14.5 Å². The number of methoxy groups -OCH3 is 1. The summed E-state index contributed by atoms with van der Waals surface area (Å²) in [5.41, 5.74) is 0.341. The van der Waals surface area contributed by atoms with Crippen molar-refractivity contribution in [1.82, 2.24) is 5.32 Å². The number of hydrogen-bond donors (Lipinski definition) is 1. The average Bonchev–Trinajstić information content (AvgIpc) is 2.61. The van der Waals surface area contributed by atoms with Crippen molar-refractivity contribution in [2.75, 3.05) is 20.3 Å². The molecule has 1 heterocycles. The van der Waals surface area contributed by atoms with Crippen LogP contribution in [0.5, 0.6) is 0 Å². The van der Waals surface area contributed by atoms with Crippen molar-refractivity contribution in [3.05, 3.63) is 23.1 Å². The van der Waals surface area contributed by atoms with Crippen LogP contribution in [-0.4, -0.2) is 31.0 Å². The van der Waals surface area contributed by atoms with E-state index in [1.165, 1.54) is 12.3 Å². The largest absolute Gasteiger partial charge is 0.452 e. The lowest BCUT2D eigenvalue weighted by Gasteiger charge is -2.09. The first-order chi connectivity index (χ1) is 7.15. The summed E-state index contributed by atoms with van der Waals surface area (Å²) in [6, 6.07) is 1.53. The van der Waals surface area contributed by atoms with Gasteiger partial charge in [-0.3, -0.25) is 4.79 Å². The highest BCUT2D eigenvalue weighted by molar-refractivity contribution is 9.09. The Morgan fingerprint density at radius 2 is 2.53 bits per heavy atom. The highest BCUT2D eigenvalue weighted by Gasteiger charge is 2.13. The molecule has 6 heteroatoms. The van der Waals surface area contributed by atoms with Crippen LogP contribution in [0.4, 0.5) is 0 Å². The van der Waals surface area contributed by atoms with Gasteiger partial charge in [-0.05, 0) is 17.7 Å². The third-order valence-electron chi connectivity index (χ3n) is 1.69. The van der Waals surface area contributed by atoms with E-state index < -0.39 is 0 Å². The molecule has 0 saturated heterocycles. The number of halogens is 2. The molecule has 0 saturated carbocycles. The second kappa shape index (κ2) is 6.15. The Morgan fingerprint density at radius 1 is 1.80 bits per heavy atom. The van der Waals surface area contributed by atoms with Gasteiger partial charge in [0.2, 0.25) is 5.22 Å². The molecule has 0 radical (unpaired) electrons. The number of carbonyl (C=O) groups is 1. The lowest BCUT2D eigenvalue weighted by atomic mass is 10.3. The third kappa shape index (κ3) is 3.85. The topological polar surface area (TPSA) is 51.5 Å². The minimum atomic E-state index is -0.255. The Morgan fingerprint density at radius 3 is 3.07 bits per heavy atom. The van der Waals surface area contributed by atoms with Crippen molar-refractivity contribution >= 4 is 33.4 Å². The maximum absolute atomic E-state index is 11.5. The molecule has 1 aromatic rings. The number of nitrogens with one attached hydrogen (secondary N) is 1. The van der Waals surface area contributed by atoms with Crippen molar-refractivity contribution in [2.24, 2.45) is 0 Å². The summed E-state index contributed by atoms with van der Waals surface area (Å²) in [6.45, 7) is 0.994. The summed E-state index contributed by atoms with van der Waals surface area (Å²) in [4.78, 5) is 11.6. The smallest absolute Gasteiger partial charge is 0.256 e. The van der Waals surface area contributed by atoms with Crippen molar-refractivity contribution in [3.8, 4) is 0 Å². The lowest BCUT2D eigenvalue weighted by Crippen LogP contribution is -2.31. The summed E-state index contributed by atoms with van der Waals surface area (Å²) >= 11 is 9.00. The van der Waals surface area contributed by atoms with Gasteiger partial charge in [-0.25, -0.2) is 0 Å². The Kier molecular flexibility index (Phi) is 5.14. The maximum Gasteiger partial charge on any atom is 0.256 e. The van der Waals surface area contributed by atoms with Crippen LogP contribution in [0.15, 0.2) is 16.7 Å². The normalized spacial score (nSPS) is 12.5. The van der Waals surface area contributed by atoms with E-state index in [-0.39, 0.29) is 16.0 Å². The highest BCUT2D eigenvalue weighted by Crippen LogP contribution is 2.16. The van der Waals surface area contributed by atoms with Crippen LogP contribution in [-0.2, 0) is 4.74 Å². The monoisotopic (exact) mass is 295 g/mol. The Bertz CT molecular complexity index is 329. The molecule has 0 aliphatic heterocycles. The summed E-state index contributed by atoms with van der Waals surface area (Å²) in [7, 11) is 1.60. The van der Waals surface area contributed by atoms with E-state index in [4.69, 9.17) is 20.8 Å². The van der Waals surface area contributed by atoms with Gasteiger partial charge >= 0.3 is 0 Å². The van der Waals surface area contributed by atoms with Crippen LogP contribution in [0.3, 0.4) is 0 Å². The zero-order chi connectivity index (χ0) is 11.3. The van der Waals surface area contributed by atoms with Gasteiger partial charge in [-0.15, -0.1) is 0 Å². The molecule has 1 rings (SSSR count). The van der Waals surface area contributed by atoms with Crippen LogP contribution in [0, 0.1) is 0 Å². The summed E-state index contributed by atoms with van der Waals surface area (Å²) in [5, 5.41) is 2.80. The molecular formula is C9H11BrClNO3. The summed E-state index contributed by atoms with van der Waals surface area (Å²) in [6.07, 6.45) is 1.37. The molecule has 4 nitrogen and oxygen atoms in total. The average molecular weight is 297 g/mol. The van der Waals surface area contributed by atoms with Crippen LogP contribution in [0.25, 0.3) is 0 Å². The van der Waals surface area contributed by atoms with Crippen LogP contribution in [0.2, 0.25) is 5.22 Å². The number of alkyl halides is 1. The second-order valence-electron chi connectivity index (χ2n) is 2.87. The first kappa shape index (κ1) is 12.5. The molecule has 1 aromatic heterocycles. The van der Waals surface area contributed by atoms with Crippen LogP contribution >= 0.6 is 27.5 Å². The molecule has 1 unspecified atom stereocenters. The fourth-order valence-corrected chi connectivity index (χ4v) is 1.62. The van der Waals surface area contributed by atoms with Gasteiger partial charge in [-0.1, -0.05) is 15.9 Å². The Hall–Kier alpha value is -0.520. The standard InChI is InChI=1S/C9H11BrClNO3/c1-14-5-6(10)4-12-9(13)7-2-3-15-8(7)11/h2-3,6H,4-5H2,1H3,(H,12,13). The molecule has 0 aromatic carbocycles. The summed E-state index contributed by atoms with van der Waals surface area (Å²) < 4.78 is 9.72. The minimum Gasteiger partial charge on any atom is -0.452 e. The van der Waals surface area contributed by atoms with Crippen molar-refractivity contribution in [3.63, 3.8) is 0 Å². The number of carbonyl (C=O) groups excluding carboxylic acids is 1. The van der Waals surface area contributed by atoms with Gasteiger partial charge in [-0.2, -0.15) is 0 Å². The second-order valence-corrected chi connectivity index (χ2v) is 4.51. The zero-order valence-electron chi connectivity index (χ0n) is 8.13. The fourth-order valence-electron chi connectivity index (χ4n) is 0.994. The fraction of sp³-hybridized carbons (Fsp3) is 0.444. The lowest BCUT2D eigenvalue weighted by molar-refractivity contribution is 0.0949. The highest BCUT2D eigenvalue weighted by atomic mass is 79.9. The number of furan rings is 1. The SMILES string of the molecule is COCC(Br)CNC(=O)c1ccoc1Cl. The third-order valence-corrected chi connectivity index (χ3v) is 2.57. The predicted molar refractivity (Wildman–Crippen MR) is 60.6 cm³/mol.